The highest BCUT2D eigenvalue weighted by Gasteiger charge is 2.23. The van der Waals surface area contributed by atoms with Gasteiger partial charge in [0, 0.05) is 31.9 Å². The van der Waals surface area contributed by atoms with E-state index in [9.17, 15) is 4.79 Å². The fraction of sp³-hybridized carbons (Fsp3) is 0.556. The van der Waals surface area contributed by atoms with Gasteiger partial charge in [-0.2, -0.15) is 0 Å². The number of hydrogen-bond donors (Lipinski definition) is 2. The van der Waals surface area contributed by atoms with Crippen LogP contribution >= 0.6 is 0 Å². The summed E-state index contributed by atoms with van der Waals surface area (Å²) >= 11 is 0. The van der Waals surface area contributed by atoms with Crippen LogP contribution < -0.4 is 16.0 Å². The lowest BCUT2D eigenvalue weighted by Crippen LogP contribution is -2.39. The average molecular weight is 345 g/mol. The Labute approximate surface area is 148 Å². The Kier molecular flexibility index (Phi) is 6.25. The van der Waals surface area contributed by atoms with Crippen molar-refractivity contribution in [2.45, 2.75) is 12.8 Å². The third-order valence-electron chi connectivity index (χ3n) is 4.63. The van der Waals surface area contributed by atoms with Gasteiger partial charge in [-0.1, -0.05) is 18.2 Å². The van der Waals surface area contributed by atoms with Crippen LogP contribution in [0.1, 0.15) is 12.0 Å². The Morgan fingerprint density at radius 1 is 1.24 bits per heavy atom. The number of carbonyl (C=O) groups excluding carboxylic acids is 1. The Morgan fingerprint density at radius 3 is 2.88 bits per heavy atom. The molecule has 7 nitrogen and oxygen atoms in total. The van der Waals surface area contributed by atoms with Gasteiger partial charge < -0.3 is 20.7 Å². The highest BCUT2D eigenvalue weighted by atomic mass is 16.5. The molecule has 0 aromatic heterocycles. The number of fused-ring (bicyclic) bond motifs is 1. The average Bonchev–Trinajstić information content (AvgIpc) is 3.08. The number of para-hydroxylation sites is 1. The van der Waals surface area contributed by atoms with E-state index in [-0.39, 0.29) is 12.5 Å². The number of aliphatic imine (C=N–C) groups is 1. The molecule has 0 atom stereocenters. The van der Waals surface area contributed by atoms with E-state index in [1.807, 2.05) is 18.2 Å². The van der Waals surface area contributed by atoms with Gasteiger partial charge in [0.05, 0.1) is 13.2 Å². The molecule has 25 heavy (non-hydrogen) atoms. The van der Waals surface area contributed by atoms with Crippen molar-refractivity contribution in [3.05, 3.63) is 29.8 Å². The second-order valence-electron chi connectivity index (χ2n) is 6.36. The van der Waals surface area contributed by atoms with E-state index >= 15 is 0 Å². The summed E-state index contributed by atoms with van der Waals surface area (Å²) in [7, 11) is 0. The molecule has 1 fully saturated rings. The summed E-state index contributed by atoms with van der Waals surface area (Å²) in [6, 6.07) is 8.01. The second-order valence-corrected chi connectivity index (χ2v) is 6.36. The van der Waals surface area contributed by atoms with E-state index < -0.39 is 0 Å². The summed E-state index contributed by atoms with van der Waals surface area (Å²) in [4.78, 5) is 20.7. The van der Waals surface area contributed by atoms with Gasteiger partial charge in [0.2, 0.25) is 5.91 Å². The van der Waals surface area contributed by atoms with Gasteiger partial charge in [0.1, 0.15) is 6.54 Å². The lowest BCUT2D eigenvalue weighted by molar-refractivity contribution is -0.117. The van der Waals surface area contributed by atoms with E-state index in [2.05, 4.69) is 21.3 Å². The number of guanidine groups is 1. The van der Waals surface area contributed by atoms with Crippen LogP contribution in [0.3, 0.4) is 0 Å². The first-order valence-electron chi connectivity index (χ1n) is 8.96. The van der Waals surface area contributed by atoms with Crippen molar-refractivity contribution < 1.29 is 9.53 Å². The zero-order valence-electron chi connectivity index (χ0n) is 14.6. The normalized spacial score (nSPS) is 18.2. The molecule has 0 aliphatic carbocycles. The lowest BCUT2D eigenvalue weighted by Gasteiger charge is -2.26. The molecule has 7 heteroatoms. The summed E-state index contributed by atoms with van der Waals surface area (Å²) in [5, 5.41) is 3.09. The van der Waals surface area contributed by atoms with Crippen LogP contribution in [0.25, 0.3) is 0 Å². The Hall–Kier alpha value is -2.12. The SMILES string of the molecule is NC(=NCC(=O)N1CCc2ccccc21)NCCCN1CCOCC1. The molecule has 1 amide bonds. The van der Waals surface area contributed by atoms with E-state index in [0.29, 0.717) is 5.96 Å². The minimum Gasteiger partial charge on any atom is -0.379 e. The van der Waals surface area contributed by atoms with Crippen molar-refractivity contribution in [1.82, 2.24) is 10.2 Å². The number of amides is 1. The van der Waals surface area contributed by atoms with Gasteiger partial charge in [-0.05, 0) is 31.0 Å². The molecule has 136 valence electrons. The van der Waals surface area contributed by atoms with Crippen molar-refractivity contribution in [2.24, 2.45) is 10.7 Å². The highest BCUT2D eigenvalue weighted by molar-refractivity contribution is 5.97. The first-order chi connectivity index (χ1) is 12.2. The van der Waals surface area contributed by atoms with Gasteiger partial charge >= 0.3 is 0 Å². The number of ether oxygens (including phenoxy) is 1. The Morgan fingerprint density at radius 2 is 2.04 bits per heavy atom. The van der Waals surface area contributed by atoms with Crippen molar-refractivity contribution >= 4 is 17.6 Å². The predicted molar refractivity (Wildman–Crippen MR) is 98.9 cm³/mol. The maximum atomic E-state index is 12.4. The number of nitrogens with two attached hydrogens (primary N) is 1. The molecule has 2 heterocycles. The highest BCUT2D eigenvalue weighted by Crippen LogP contribution is 2.27. The van der Waals surface area contributed by atoms with Crippen molar-refractivity contribution in [3.8, 4) is 0 Å². The van der Waals surface area contributed by atoms with Gasteiger partial charge in [-0.15, -0.1) is 0 Å². The zero-order valence-corrected chi connectivity index (χ0v) is 14.6. The second kappa shape index (κ2) is 8.82. The van der Waals surface area contributed by atoms with Crippen LogP contribution in [0.4, 0.5) is 5.69 Å². The van der Waals surface area contributed by atoms with E-state index in [1.54, 1.807) is 4.90 Å². The van der Waals surface area contributed by atoms with E-state index in [1.165, 1.54) is 5.56 Å². The molecular weight excluding hydrogens is 318 g/mol. The van der Waals surface area contributed by atoms with Crippen LogP contribution in [-0.4, -0.2) is 69.2 Å². The molecule has 0 bridgehead atoms. The molecule has 0 spiro atoms. The molecule has 2 aliphatic rings. The summed E-state index contributed by atoms with van der Waals surface area (Å²) in [6.45, 7) is 6.21. The topological polar surface area (TPSA) is 83.2 Å². The number of rotatable bonds is 6. The first-order valence-corrected chi connectivity index (χ1v) is 8.96. The predicted octanol–water partition coefficient (Wildman–Crippen LogP) is 0.202. The monoisotopic (exact) mass is 345 g/mol. The smallest absolute Gasteiger partial charge is 0.248 e. The maximum Gasteiger partial charge on any atom is 0.248 e. The fourth-order valence-electron chi connectivity index (χ4n) is 3.24. The summed E-state index contributed by atoms with van der Waals surface area (Å²) < 4.78 is 5.33. The van der Waals surface area contributed by atoms with Gasteiger partial charge in [-0.3, -0.25) is 9.69 Å². The van der Waals surface area contributed by atoms with Crippen molar-refractivity contribution in [1.29, 1.82) is 0 Å². The standard InChI is InChI=1S/C18H27N5O2/c19-18(20-7-3-8-22-10-12-25-13-11-22)21-14-17(24)23-9-6-15-4-1-2-5-16(15)23/h1-2,4-5H,3,6-14H2,(H3,19,20,21). The van der Waals surface area contributed by atoms with Crippen LogP contribution in [0, 0.1) is 0 Å². The third-order valence-corrected chi connectivity index (χ3v) is 4.63. The number of carbonyl (C=O) groups is 1. The molecule has 1 aromatic rings. The molecule has 1 saturated heterocycles. The van der Waals surface area contributed by atoms with Crippen LogP contribution in [-0.2, 0) is 16.0 Å². The molecular formula is C18H27N5O2. The van der Waals surface area contributed by atoms with E-state index in [0.717, 1.165) is 64.5 Å². The summed E-state index contributed by atoms with van der Waals surface area (Å²) in [6.07, 6.45) is 1.89. The van der Waals surface area contributed by atoms with Crippen molar-refractivity contribution in [2.75, 3.05) is 57.4 Å². The van der Waals surface area contributed by atoms with Gasteiger partial charge in [-0.25, -0.2) is 4.99 Å². The Balaban J connectivity index is 1.37. The van der Waals surface area contributed by atoms with Gasteiger partial charge in [0.15, 0.2) is 5.96 Å². The van der Waals surface area contributed by atoms with Gasteiger partial charge in [0.25, 0.3) is 0 Å². The van der Waals surface area contributed by atoms with Crippen LogP contribution in [0.15, 0.2) is 29.3 Å². The van der Waals surface area contributed by atoms with E-state index in [4.69, 9.17) is 10.5 Å². The molecule has 0 unspecified atom stereocenters. The summed E-state index contributed by atoms with van der Waals surface area (Å²) in [5.74, 6) is 0.325. The number of hydrogen-bond acceptors (Lipinski definition) is 4. The molecule has 0 radical (unpaired) electrons. The number of nitrogens with one attached hydrogen (secondary N) is 1. The fourth-order valence-corrected chi connectivity index (χ4v) is 3.24. The number of nitrogens with zero attached hydrogens (tertiary/aromatic N) is 3. The lowest BCUT2D eigenvalue weighted by atomic mass is 10.2. The molecule has 1 aromatic carbocycles. The van der Waals surface area contributed by atoms with Crippen LogP contribution in [0.5, 0.6) is 0 Å². The quantitative estimate of drug-likeness (QED) is 0.437. The number of anilines is 1. The van der Waals surface area contributed by atoms with Crippen LogP contribution in [0.2, 0.25) is 0 Å². The summed E-state index contributed by atoms with van der Waals surface area (Å²) in [5.41, 5.74) is 8.09. The largest absolute Gasteiger partial charge is 0.379 e. The molecule has 2 aliphatic heterocycles. The van der Waals surface area contributed by atoms with Crippen molar-refractivity contribution in [3.63, 3.8) is 0 Å². The number of benzene rings is 1. The Bertz CT molecular complexity index is 613. The maximum absolute atomic E-state index is 12.4. The third kappa shape index (κ3) is 4.93. The number of morpholine rings is 1. The zero-order chi connectivity index (χ0) is 17.5. The first kappa shape index (κ1) is 17.7. The molecule has 3 N–H and O–H groups in total. The minimum absolute atomic E-state index is 0.0111. The molecule has 0 saturated carbocycles. The minimum atomic E-state index is -0.0111. The molecule has 3 rings (SSSR count).